The van der Waals surface area contributed by atoms with Crippen LogP contribution < -0.4 is 5.73 Å². The molecule has 2 aliphatic rings. The third-order valence-electron chi connectivity index (χ3n) is 5.92. The number of likely N-dealkylation sites (N-methyl/N-ethyl adjacent to an activating group) is 1. The molecule has 0 spiro atoms. The summed E-state index contributed by atoms with van der Waals surface area (Å²) >= 11 is 0. The number of amides is 2. The molecule has 2 rings (SSSR count). The monoisotopic (exact) mass is 295 g/mol. The van der Waals surface area contributed by atoms with E-state index < -0.39 is 0 Å². The maximum absolute atomic E-state index is 12.9. The van der Waals surface area contributed by atoms with Gasteiger partial charge in [-0.15, -0.1) is 0 Å². The van der Waals surface area contributed by atoms with Crippen molar-refractivity contribution in [1.82, 2.24) is 9.80 Å². The lowest BCUT2D eigenvalue weighted by atomic mass is 9.75. The largest absolute Gasteiger partial charge is 0.328 e. The summed E-state index contributed by atoms with van der Waals surface area (Å²) in [6, 6.07) is 0.196. The van der Waals surface area contributed by atoms with Gasteiger partial charge in [-0.05, 0) is 50.4 Å². The summed E-state index contributed by atoms with van der Waals surface area (Å²) in [5.41, 5.74) is 6.00. The van der Waals surface area contributed by atoms with Crippen molar-refractivity contribution in [1.29, 1.82) is 0 Å². The maximum Gasteiger partial charge on any atom is 0.320 e. The van der Waals surface area contributed by atoms with Crippen molar-refractivity contribution in [3.8, 4) is 0 Å². The molecule has 2 amide bonds. The van der Waals surface area contributed by atoms with Gasteiger partial charge in [-0.2, -0.15) is 0 Å². The molecule has 1 saturated heterocycles. The van der Waals surface area contributed by atoms with Gasteiger partial charge >= 0.3 is 6.03 Å². The average molecular weight is 295 g/mol. The lowest BCUT2D eigenvalue weighted by Crippen LogP contribution is -2.60. The number of nitrogens with zero attached hydrogens (tertiary/aromatic N) is 2. The van der Waals surface area contributed by atoms with E-state index in [1.165, 1.54) is 25.7 Å². The Labute approximate surface area is 130 Å². The molecule has 4 heteroatoms. The minimum atomic E-state index is -0.108. The van der Waals surface area contributed by atoms with Gasteiger partial charge in [0.05, 0.1) is 5.54 Å². The summed E-state index contributed by atoms with van der Waals surface area (Å²) in [6.45, 7) is 6.91. The summed E-state index contributed by atoms with van der Waals surface area (Å²) < 4.78 is 0. The minimum absolute atomic E-state index is 0.108. The molecule has 0 aromatic heterocycles. The highest BCUT2D eigenvalue weighted by atomic mass is 16.2. The Hall–Kier alpha value is -0.770. The van der Waals surface area contributed by atoms with Crippen LogP contribution in [0.2, 0.25) is 0 Å². The second-order valence-corrected chi connectivity index (χ2v) is 7.32. The van der Waals surface area contributed by atoms with Gasteiger partial charge in [0, 0.05) is 26.7 Å². The zero-order valence-electron chi connectivity index (χ0n) is 14.1. The second kappa shape index (κ2) is 6.99. The smallest absolute Gasteiger partial charge is 0.320 e. The predicted molar refractivity (Wildman–Crippen MR) is 87.2 cm³/mol. The third kappa shape index (κ3) is 3.53. The van der Waals surface area contributed by atoms with E-state index in [1.54, 1.807) is 0 Å². The highest BCUT2D eigenvalue weighted by Crippen LogP contribution is 2.37. The molecule has 0 bridgehead atoms. The molecule has 1 unspecified atom stereocenters. The zero-order valence-corrected chi connectivity index (χ0v) is 14.1. The first-order valence-electron chi connectivity index (χ1n) is 8.75. The lowest BCUT2D eigenvalue weighted by molar-refractivity contribution is 0.0594. The number of carbonyl (C=O) groups excluding carboxylic acids is 1. The van der Waals surface area contributed by atoms with Gasteiger partial charge in [0.25, 0.3) is 0 Å². The molecule has 4 nitrogen and oxygen atoms in total. The van der Waals surface area contributed by atoms with Crippen LogP contribution in [0, 0.1) is 11.8 Å². The number of hydrogen-bond donors (Lipinski definition) is 1. The van der Waals surface area contributed by atoms with Crippen molar-refractivity contribution in [3.63, 3.8) is 0 Å². The Kier molecular flexibility index (Phi) is 5.53. The SMILES string of the molecule is CCC1CCC(CN)(N(C)C(=O)N2CCCC(C)C2)CC1. The topological polar surface area (TPSA) is 49.6 Å². The van der Waals surface area contributed by atoms with Crippen molar-refractivity contribution in [2.45, 2.75) is 64.3 Å². The quantitative estimate of drug-likeness (QED) is 0.870. The molecule has 1 aliphatic heterocycles. The molecule has 0 aromatic carbocycles. The van der Waals surface area contributed by atoms with E-state index in [-0.39, 0.29) is 11.6 Å². The van der Waals surface area contributed by atoms with E-state index in [4.69, 9.17) is 5.73 Å². The van der Waals surface area contributed by atoms with E-state index >= 15 is 0 Å². The fraction of sp³-hybridized carbons (Fsp3) is 0.941. The van der Waals surface area contributed by atoms with Crippen molar-refractivity contribution >= 4 is 6.03 Å². The number of piperidine rings is 1. The number of rotatable bonds is 3. The highest BCUT2D eigenvalue weighted by molar-refractivity contribution is 5.75. The first-order chi connectivity index (χ1) is 10.0. The van der Waals surface area contributed by atoms with Gasteiger partial charge in [-0.25, -0.2) is 4.79 Å². The van der Waals surface area contributed by atoms with Gasteiger partial charge in [-0.1, -0.05) is 20.3 Å². The molecule has 21 heavy (non-hydrogen) atoms. The first kappa shape index (κ1) is 16.6. The molecule has 1 heterocycles. The lowest BCUT2D eigenvalue weighted by Gasteiger charge is -2.48. The number of carbonyl (C=O) groups is 1. The Morgan fingerprint density at radius 2 is 2.00 bits per heavy atom. The third-order valence-corrected chi connectivity index (χ3v) is 5.92. The Balaban J connectivity index is 2.02. The predicted octanol–water partition coefficient (Wildman–Crippen LogP) is 3.07. The van der Waals surface area contributed by atoms with Gasteiger partial charge in [0.2, 0.25) is 0 Å². The second-order valence-electron chi connectivity index (χ2n) is 7.32. The van der Waals surface area contributed by atoms with Crippen LogP contribution in [0.5, 0.6) is 0 Å². The van der Waals surface area contributed by atoms with E-state index in [9.17, 15) is 4.79 Å². The van der Waals surface area contributed by atoms with Crippen LogP contribution in [0.3, 0.4) is 0 Å². The zero-order chi connectivity index (χ0) is 15.5. The summed E-state index contributed by atoms with van der Waals surface area (Å²) in [6.07, 6.45) is 8.18. The first-order valence-corrected chi connectivity index (χ1v) is 8.75. The van der Waals surface area contributed by atoms with Crippen LogP contribution in [0.25, 0.3) is 0 Å². The summed E-state index contributed by atoms with van der Waals surface area (Å²) in [5, 5.41) is 0. The molecule has 122 valence electrons. The molecular formula is C17H33N3O. The number of urea groups is 1. The summed E-state index contributed by atoms with van der Waals surface area (Å²) in [5.74, 6) is 1.45. The Morgan fingerprint density at radius 1 is 1.33 bits per heavy atom. The van der Waals surface area contributed by atoms with Gasteiger partial charge in [0.1, 0.15) is 0 Å². The van der Waals surface area contributed by atoms with Crippen LogP contribution in [0.15, 0.2) is 0 Å². The molecule has 1 atom stereocenters. The van der Waals surface area contributed by atoms with E-state index in [0.717, 1.165) is 38.3 Å². The molecule has 1 aliphatic carbocycles. The number of hydrogen-bond acceptors (Lipinski definition) is 2. The Bertz CT molecular complexity index is 350. The fourth-order valence-electron chi connectivity index (χ4n) is 4.08. The van der Waals surface area contributed by atoms with Crippen LogP contribution in [-0.4, -0.2) is 48.1 Å². The molecular weight excluding hydrogens is 262 g/mol. The van der Waals surface area contributed by atoms with E-state index in [1.807, 2.05) is 16.8 Å². The van der Waals surface area contributed by atoms with Crippen molar-refractivity contribution in [3.05, 3.63) is 0 Å². The minimum Gasteiger partial charge on any atom is -0.328 e. The highest BCUT2D eigenvalue weighted by Gasteiger charge is 2.41. The van der Waals surface area contributed by atoms with Crippen molar-refractivity contribution in [2.24, 2.45) is 17.6 Å². The summed E-state index contributed by atoms with van der Waals surface area (Å²) in [4.78, 5) is 16.9. The van der Waals surface area contributed by atoms with Crippen LogP contribution >= 0.6 is 0 Å². The fourth-order valence-corrected chi connectivity index (χ4v) is 4.08. The van der Waals surface area contributed by atoms with Crippen LogP contribution in [0.4, 0.5) is 4.79 Å². The van der Waals surface area contributed by atoms with Crippen LogP contribution in [0.1, 0.15) is 58.8 Å². The maximum atomic E-state index is 12.9. The molecule has 1 saturated carbocycles. The average Bonchev–Trinajstić information content (AvgIpc) is 2.53. The van der Waals surface area contributed by atoms with Gasteiger partial charge < -0.3 is 15.5 Å². The van der Waals surface area contributed by atoms with E-state index in [2.05, 4.69) is 13.8 Å². The molecule has 0 aromatic rings. The van der Waals surface area contributed by atoms with Gasteiger partial charge in [-0.3, -0.25) is 0 Å². The molecule has 2 N–H and O–H groups in total. The Morgan fingerprint density at radius 3 is 2.52 bits per heavy atom. The molecule has 2 fully saturated rings. The normalized spacial score (nSPS) is 33.8. The number of likely N-dealkylation sites (tertiary alicyclic amines) is 1. The van der Waals surface area contributed by atoms with Gasteiger partial charge in [0.15, 0.2) is 0 Å². The van der Waals surface area contributed by atoms with Crippen molar-refractivity contribution in [2.75, 3.05) is 26.7 Å². The van der Waals surface area contributed by atoms with Crippen LogP contribution in [-0.2, 0) is 0 Å². The summed E-state index contributed by atoms with van der Waals surface area (Å²) in [7, 11) is 1.97. The van der Waals surface area contributed by atoms with Crippen molar-refractivity contribution < 1.29 is 4.79 Å². The molecule has 0 radical (unpaired) electrons. The number of nitrogens with two attached hydrogens (primary N) is 1. The standard InChI is InChI=1S/C17H33N3O/c1-4-15-7-9-17(13-18,10-8-15)19(3)16(21)20-11-5-6-14(2)12-20/h14-15H,4-13,18H2,1-3H3. The van der Waals surface area contributed by atoms with E-state index in [0.29, 0.717) is 12.5 Å².